The molecular formula is C13H20N4O3. The Balaban J connectivity index is 2.83. The van der Waals surface area contributed by atoms with Gasteiger partial charge in [-0.05, 0) is 25.0 Å². The Kier molecular flexibility index (Phi) is 5.04. The van der Waals surface area contributed by atoms with E-state index in [0.29, 0.717) is 6.54 Å². The topological polar surface area (TPSA) is 124 Å². The third-order valence-electron chi connectivity index (χ3n) is 3.50. The number of nitrogens with one attached hydrogen (secondary N) is 1. The number of amides is 1. The van der Waals surface area contributed by atoms with Gasteiger partial charge in [0.25, 0.3) is 11.6 Å². The van der Waals surface area contributed by atoms with Crippen LogP contribution in [0.25, 0.3) is 0 Å². The maximum atomic E-state index is 12.0. The van der Waals surface area contributed by atoms with E-state index in [9.17, 15) is 14.9 Å². The lowest BCUT2D eigenvalue weighted by atomic mass is 9.94. The van der Waals surface area contributed by atoms with Gasteiger partial charge in [0, 0.05) is 23.7 Å². The molecule has 1 rings (SSSR count). The van der Waals surface area contributed by atoms with Gasteiger partial charge in [-0.3, -0.25) is 14.9 Å². The molecule has 0 bridgehead atoms. The SMILES string of the molecule is CCC(N)(CC)CNC(=O)c1ccc(N)c([N+](=O)[O-])c1. The monoisotopic (exact) mass is 280 g/mol. The fourth-order valence-corrected chi connectivity index (χ4v) is 1.70. The highest BCUT2D eigenvalue weighted by atomic mass is 16.6. The zero-order valence-electron chi connectivity index (χ0n) is 11.7. The first kappa shape index (κ1) is 15.9. The normalized spacial score (nSPS) is 11.2. The third-order valence-corrected chi connectivity index (χ3v) is 3.50. The number of nitrogens with two attached hydrogens (primary N) is 2. The number of nitro groups is 1. The van der Waals surface area contributed by atoms with E-state index in [1.807, 2.05) is 13.8 Å². The molecule has 0 spiro atoms. The van der Waals surface area contributed by atoms with Crippen LogP contribution in [0.5, 0.6) is 0 Å². The second-order valence-electron chi connectivity index (χ2n) is 4.78. The minimum atomic E-state index is -0.614. The summed E-state index contributed by atoms with van der Waals surface area (Å²) in [5, 5.41) is 13.5. The van der Waals surface area contributed by atoms with Gasteiger partial charge in [-0.1, -0.05) is 13.8 Å². The van der Waals surface area contributed by atoms with Crippen molar-refractivity contribution in [2.45, 2.75) is 32.2 Å². The molecule has 0 radical (unpaired) electrons. The molecule has 1 amide bonds. The van der Waals surface area contributed by atoms with Crippen LogP contribution in [0.1, 0.15) is 37.0 Å². The minimum Gasteiger partial charge on any atom is -0.393 e. The van der Waals surface area contributed by atoms with Crippen molar-refractivity contribution >= 4 is 17.3 Å². The van der Waals surface area contributed by atoms with Crippen LogP contribution >= 0.6 is 0 Å². The second-order valence-corrected chi connectivity index (χ2v) is 4.78. The number of hydrogen-bond donors (Lipinski definition) is 3. The van der Waals surface area contributed by atoms with E-state index in [4.69, 9.17) is 11.5 Å². The fraction of sp³-hybridized carbons (Fsp3) is 0.462. The van der Waals surface area contributed by atoms with Gasteiger partial charge in [-0.15, -0.1) is 0 Å². The predicted molar refractivity (Wildman–Crippen MR) is 77.3 cm³/mol. The molecule has 0 saturated heterocycles. The maximum Gasteiger partial charge on any atom is 0.292 e. The van der Waals surface area contributed by atoms with Gasteiger partial charge in [0.2, 0.25) is 0 Å². The quantitative estimate of drug-likeness (QED) is 0.413. The van der Waals surface area contributed by atoms with E-state index in [2.05, 4.69) is 5.32 Å². The standard InChI is InChI=1S/C13H20N4O3/c1-3-13(15,4-2)8-16-12(18)9-5-6-10(14)11(7-9)17(19)20/h5-7H,3-4,8,14-15H2,1-2H3,(H,16,18). The molecule has 0 unspecified atom stereocenters. The van der Waals surface area contributed by atoms with E-state index in [1.54, 1.807) is 0 Å². The van der Waals surface area contributed by atoms with E-state index in [0.717, 1.165) is 12.8 Å². The average Bonchev–Trinajstić information content (AvgIpc) is 2.44. The lowest BCUT2D eigenvalue weighted by Crippen LogP contribution is -2.49. The van der Waals surface area contributed by atoms with Gasteiger partial charge >= 0.3 is 0 Å². The molecule has 0 fully saturated rings. The zero-order valence-corrected chi connectivity index (χ0v) is 11.7. The molecule has 7 nitrogen and oxygen atoms in total. The number of hydrogen-bond acceptors (Lipinski definition) is 5. The molecule has 0 aromatic heterocycles. The summed E-state index contributed by atoms with van der Waals surface area (Å²) in [6.07, 6.45) is 1.46. The van der Waals surface area contributed by atoms with E-state index in [1.165, 1.54) is 18.2 Å². The van der Waals surface area contributed by atoms with E-state index >= 15 is 0 Å². The predicted octanol–water partition coefficient (Wildman–Crippen LogP) is 1.42. The lowest BCUT2D eigenvalue weighted by molar-refractivity contribution is -0.383. The molecule has 1 aromatic rings. The summed E-state index contributed by atoms with van der Waals surface area (Å²) in [7, 11) is 0. The molecule has 7 heteroatoms. The molecular weight excluding hydrogens is 260 g/mol. The van der Waals surface area contributed by atoms with Gasteiger partial charge in [-0.25, -0.2) is 0 Å². The number of rotatable bonds is 6. The summed E-state index contributed by atoms with van der Waals surface area (Å²) in [5.41, 5.74) is 11.1. The second kappa shape index (κ2) is 6.33. The Hall–Kier alpha value is -2.15. The summed E-state index contributed by atoms with van der Waals surface area (Å²) in [5.74, 6) is -0.398. The van der Waals surface area contributed by atoms with Gasteiger partial charge in [0.05, 0.1) is 4.92 Å². The van der Waals surface area contributed by atoms with Crippen LogP contribution < -0.4 is 16.8 Å². The first-order valence-corrected chi connectivity index (χ1v) is 6.44. The Labute approximate surface area is 117 Å². The molecule has 20 heavy (non-hydrogen) atoms. The number of anilines is 1. The number of carbonyl (C=O) groups is 1. The highest BCUT2D eigenvalue weighted by Crippen LogP contribution is 2.22. The van der Waals surface area contributed by atoms with Crippen molar-refractivity contribution in [1.82, 2.24) is 5.32 Å². The van der Waals surface area contributed by atoms with Crippen molar-refractivity contribution in [2.24, 2.45) is 5.73 Å². The number of nitro benzene ring substituents is 1. The van der Waals surface area contributed by atoms with Gasteiger partial charge in [-0.2, -0.15) is 0 Å². The Bertz CT molecular complexity index is 512. The van der Waals surface area contributed by atoms with E-state index in [-0.39, 0.29) is 16.9 Å². The molecule has 0 saturated carbocycles. The highest BCUT2D eigenvalue weighted by molar-refractivity contribution is 5.95. The molecule has 0 atom stereocenters. The van der Waals surface area contributed by atoms with Crippen molar-refractivity contribution in [3.05, 3.63) is 33.9 Å². The Morgan fingerprint density at radius 2 is 2.00 bits per heavy atom. The van der Waals surface area contributed by atoms with Crippen molar-refractivity contribution < 1.29 is 9.72 Å². The largest absolute Gasteiger partial charge is 0.393 e. The molecule has 0 aliphatic carbocycles. The molecule has 0 aliphatic heterocycles. The number of nitrogens with zero attached hydrogens (tertiary/aromatic N) is 1. The van der Waals surface area contributed by atoms with Crippen molar-refractivity contribution in [3.8, 4) is 0 Å². The van der Waals surface area contributed by atoms with Crippen molar-refractivity contribution in [3.63, 3.8) is 0 Å². The summed E-state index contributed by atoms with van der Waals surface area (Å²) >= 11 is 0. The van der Waals surface area contributed by atoms with Crippen LogP contribution in [0, 0.1) is 10.1 Å². The van der Waals surface area contributed by atoms with Gasteiger partial charge < -0.3 is 16.8 Å². The Morgan fingerprint density at radius 3 is 2.50 bits per heavy atom. The van der Waals surface area contributed by atoms with Crippen molar-refractivity contribution in [2.75, 3.05) is 12.3 Å². The first-order chi connectivity index (χ1) is 9.33. The van der Waals surface area contributed by atoms with Crippen LogP contribution in [-0.2, 0) is 0 Å². The van der Waals surface area contributed by atoms with Gasteiger partial charge in [0.15, 0.2) is 0 Å². The molecule has 0 heterocycles. The zero-order chi connectivity index (χ0) is 15.3. The molecule has 1 aromatic carbocycles. The summed E-state index contributed by atoms with van der Waals surface area (Å²) in [6.45, 7) is 4.21. The summed E-state index contributed by atoms with van der Waals surface area (Å²) in [6, 6.07) is 3.97. The highest BCUT2D eigenvalue weighted by Gasteiger charge is 2.22. The first-order valence-electron chi connectivity index (χ1n) is 6.44. The van der Waals surface area contributed by atoms with Crippen LogP contribution in [0.4, 0.5) is 11.4 Å². The lowest BCUT2D eigenvalue weighted by Gasteiger charge is -2.26. The molecule has 5 N–H and O–H groups in total. The maximum absolute atomic E-state index is 12.0. The number of nitrogen functional groups attached to an aromatic ring is 1. The third kappa shape index (κ3) is 3.67. The molecule has 0 aliphatic rings. The fourth-order valence-electron chi connectivity index (χ4n) is 1.70. The average molecular weight is 280 g/mol. The van der Waals surface area contributed by atoms with Crippen LogP contribution in [0.3, 0.4) is 0 Å². The number of benzene rings is 1. The molecule has 110 valence electrons. The van der Waals surface area contributed by atoms with Gasteiger partial charge in [0.1, 0.15) is 5.69 Å². The van der Waals surface area contributed by atoms with E-state index < -0.39 is 16.4 Å². The van der Waals surface area contributed by atoms with Crippen molar-refractivity contribution in [1.29, 1.82) is 0 Å². The van der Waals surface area contributed by atoms with Crippen LogP contribution in [0.2, 0.25) is 0 Å². The Morgan fingerprint density at radius 1 is 1.40 bits per heavy atom. The van der Waals surface area contributed by atoms with Crippen LogP contribution in [-0.4, -0.2) is 22.9 Å². The summed E-state index contributed by atoms with van der Waals surface area (Å²) < 4.78 is 0. The minimum absolute atomic E-state index is 0.0295. The smallest absolute Gasteiger partial charge is 0.292 e. The number of carbonyl (C=O) groups excluding carboxylic acids is 1. The van der Waals surface area contributed by atoms with Crippen LogP contribution in [0.15, 0.2) is 18.2 Å². The summed E-state index contributed by atoms with van der Waals surface area (Å²) in [4.78, 5) is 22.1.